The molecule has 0 fully saturated rings. The third kappa shape index (κ3) is 4.12. The Bertz CT molecular complexity index is 545. The van der Waals surface area contributed by atoms with Crippen LogP contribution in [0.25, 0.3) is 0 Å². The van der Waals surface area contributed by atoms with E-state index in [1.165, 1.54) is 5.56 Å². The van der Waals surface area contributed by atoms with Crippen LogP contribution in [0.4, 0.5) is 11.6 Å². The summed E-state index contributed by atoms with van der Waals surface area (Å²) in [4.78, 5) is 8.34. The second-order valence-electron chi connectivity index (χ2n) is 4.35. The Morgan fingerprint density at radius 3 is 2.65 bits per heavy atom. The van der Waals surface area contributed by atoms with Crippen LogP contribution in [0.1, 0.15) is 12.5 Å². The predicted molar refractivity (Wildman–Crippen MR) is 81.4 cm³/mol. The molecular formula is C15H20N4O. The van der Waals surface area contributed by atoms with Crippen molar-refractivity contribution in [1.29, 1.82) is 0 Å². The van der Waals surface area contributed by atoms with Crippen molar-refractivity contribution in [3.05, 3.63) is 42.2 Å². The normalized spacial score (nSPS) is 10.1. The third-order valence-corrected chi connectivity index (χ3v) is 2.88. The summed E-state index contributed by atoms with van der Waals surface area (Å²) in [5.41, 5.74) is 1.23. The second-order valence-corrected chi connectivity index (χ2v) is 4.35. The highest BCUT2D eigenvalue weighted by Crippen LogP contribution is 2.13. The Labute approximate surface area is 119 Å². The van der Waals surface area contributed by atoms with E-state index < -0.39 is 0 Å². The molecule has 106 valence electrons. The molecule has 0 atom stereocenters. The number of nitrogens with zero attached hydrogens (tertiary/aromatic N) is 2. The highest BCUT2D eigenvalue weighted by atomic mass is 16.5. The van der Waals surface area contributed by atoms with Gasteiger partial charge in [-0.3, -0.25) is 0 Å². The lowest BCUT2D eigenvalue weighted by molar-refractivity contribution is 0.414. The minimum atomic E-state index is 0.815. The van der Waals surface area contributed by atoms with Crippen molar-refractivity contribution in [2.75, 3.05) is 30.8 Å². The first kappa shape index (κ1) is 14.1. The Kier molecular flexibility index (Phi) is 5.17. The average Bonchev–Trinajstić information content (AvgIpc) is 2.48. The molecule has 5 nitrogen and oxygen atoms in total. The molecule has 1 heterocycles. The van der Waals surface area contributed by atoms with E-state index in [-0.39, 0.29) is 0 Å². The SMILES string of the molecule is CCNc1cc(NCCc2cccc(OC)c2)ncn1. The number of methoxy groups -OCH3 is 1. The number of rotatable bonds is 7. The summed E-state index contributed by atoms with van der Waals surface area (Å²) in [5.74, 6) is 2.56. The largest absolute Gasteiger partial charge is 0.497 e. The van der Waals surface area contributed by atoms with Crippen molar-refractivity contribution >= 4 is 11.6 Å². The summed E-state index contributed by atoms with van der Waals surface area (Å²) < 4.78 is 5.21. The van der Waals surface area contributed by atoms with Gasteiger partial charge >= 0.3 is 0 Å². The molecule has 0 saturated carbocycles. The van der Waals surface area contributed by atoms with E-state index in [1.54, 1.807) is 13.4 Å². The van der Waals surface area contributed by atoms with E-state index in [0.29, 0.717) is 0 Å². The van der Waals surface area contributed by atoms with Crippen molar-refractivity contribution in [2.24, 2.45) is 0 Å². The van der Waals surface area contributed by atoms with E-state index in [0.717, 1.165) is 36.9 Å². The number of ether oxygens (including phenoxy) is 1. The first-order valence-corrected chi connectivity index (χ1v) is 6.74. The highest BCUT2D eigenvalue weighted by Gasteiger charge is 1.99. The van der Waals surface area contributed by atoms with Crippen LogP contribution in [-0.2, 0) is 6.42 Å². The second kappa shape index (κ2) is 7.33. The minimum Gasteiger partial charge on any atom is -0.497 e. The van der Waals surface area contributed by atoms with Crippen LogP contribution in [0, 0.1) is 0 Å². The molecule has 0 unspecified atom stereocenters. The van der Waals surface area contributed by atoms with Crippen molar-refractivity contribution in [3.8, 4) is 5.75 Å². The van der Waals surface area contributed by atoms with Crippen LogP contribution >= 0.6 is 0 Å². The summed E-state index contributed by atoms with van der Waals surface area (Å²) in [6, 6.07) is 10.0. The van der Waals surface area contributed by atoms with E-state index in [1.807, 2.05) is 31.2 Å². The summed E-state index contributed by atoms with van der Waals surface area (Å²) in [5, 5.41) is 6.46. The molecule has 2 N–H and O–H groups in total. The van der Waals surface area contributed by atoms with E-state index >= 15 is 0 Å². The van der Waals surface area contributed by atoms with Crippen molar-refractivity contribution in [1.82, 2.24) is 9.97 Å². The van der Waals surface area contributed by atoms with E-state index in [9.17, 15) is 0 Å². The summed E-state index contributed by atoms with van der Waals surface area (Å²) in [6.07, 6.45) is 2.48. The Morgan fingerprint density at radius 1 is 1.10 bits per heavy atom. The fraction of sp³-hybridized carbons (Fsp3) is 0.333. The minimum absolute atomic E-state index is 0.815. The smallest absolute Gasteiger partial charge is 0.131 e. The van der Waals surface area contributed by atoms with Crippen molar-refractivity contribution in [2.45, 2.75) is 13.3 Å². The Hall–Kier alpha value is -2.30. The van der Waals surface area contributed by atoms with Crippen molar-refractivity contribution < 1.29 is 4.74 Å². The van der Waals surface area contributed by atoms with Crippen LogP contribution in [0.2, 0.25) is 0 Å². The molecule has 0 aliphatic heterocycles. The molecule has 0 spiro atoms. The lowest BCUT2D eigenvalue weighted by Crippen LogP contribution is -2.08. The zero-order valence-corrected chi connectivity index (χ0v) is 11.9. The van der Waals surface area contributed by atoms with Gasteiger partial charge in [-0.1, -0.05) is 12.1 Å². The van der Waals surface area contributed by atoms with Crippen LogP contribution < -0.4 is 15.4 Å². The van der Waals surface area contributed by atoms with Gasteiger partial charge in [-0.2, -0.15) is 0 Å². The Morgan fingerprint density at radius 2 is 1.90 bits per heavy atom. The van der Waals surface area contributed by atoms with Gasteiger partial charge in [-0.25, -0.2) is 9.97 Å². The molecule has 0 aliphatic carbocycles. The number of aromatic nitrogens is 2. The predicted octanol–water partition coefficient (Wildman–Crippen LogP) is 2.57. The Balaban J connectivity index is 1.87. The maximum Gasteiger partial charge on any atom is 0.131 e. The molecule has 0 saturated heterocycles. The first-order chi connectivity index (χ1) is 9.81. The van der Waals surface area contributed by atoms with Gasteiger partial charge in [-0.05, 0) is 31.0 Å². The molecule has 2 rings (SSSR count). The van der Waals surface area contributed by atoms with Gasteiger partial charge in [0, 0.05) is 19.2 Å². The standard InChI is InChI=1S/C15H20N4O/c1-3-16-14-10-15(19-11-18-14)17-8-7-12-5-4-6-13(9-12)20-2/h4-6,9-11H,3,7-8H2,1-2H3,(H2,16,17,18,19). The first-order valence-electron chi connectivity index (χ1n) is 6.74. The molecule has 2 aromatic rings. The van der Waals surface area contributed by atoms with E-state index in [2.05, 4.69) is 26.7 Å². The topological polar surface area (TPSA) is 59.1 Å². The molecular weight excluding hydrogens is 252 g/mol. The van der Waals surface area contributed by atoms with E-state index in [4.69, 9.17) is 4.74 Å². The molecule has 1 aromatic carbocycles. The molecule has 0 radical (unpaired) electrons. The van der Waals surface area contributed by atoms with Crippen LogP contribution in [0.5, 0.6) is 5.75 Å². The number of nitrogens with one attached hydrogen (secondary N) is 2. The van der Waals surface area contributed by atoms with Gasteiger partial charge in [0.1, 0.15) is 23.7 Å². The summed E-state index contributed by atoms with van der Waals surface area (Å²) in [6.45, 7) is 3.70. The van der Waals surface area contributed by atoms with Gasteiger partial charge < -0.3 is 15.4 Å². The quantitative estimate of drug-likeness (QED) is 0.811. The van der Waals surface area contributed by atoms with Crippen molar-refractivity contribution in [3.63, 3.8) is 0 Å². The lowest BCUT2D eigenvalue weighted by Gasteiger charge is -2.08. The number of anilines is 2. The van der Waals surface area contributed by atoms with Crippen LogP contribution in [0.15, 0.2) is 36.7 Å². The van der Waals surface area contributed by atoms with Gasteiger partial charge in [-0.15, -0.1) is 0 Å². The highest BCUT2D eigenvalue weighted by molar-refractivity contribution is 5.46. The fourth-order valence-corrected chi connectivity index (χ4v) is 1.89. The molecule has 20 heavy (non-hydrogen) atoms. The summed E-state index contributed by atoms with van der Waals surface area (Å²) >= 11 is 0. The van der Waals surface area contributed by atoms with Gasteiger partial charge in [0.15, 0.2) is 0 Å². The molecule has 5 heteroatoms. The summed E-state index contributed by atoms with van der Waals surface area (Å²) in [7, 11) is 1.68. The van der Waals surface area contributed by atoms with Gasteiger partial charge in [0.05, 0.1) is 7.11 Å². The average molecular weight is 272 g/mol. The maximum absolute atomic E-state index is 5.21. The fourth-order valence-electron chi connectivity index (χ4n) is 1.89. The molecule has 0 amide bonds. The number of benzene rings is 1. The monoisotopic (exact) mass is 272 g/mol. The molecule has 1 aromatic heterocycles. The third-order valence-electron chi connectivity index (χ3n) is 2.88. The lowest BCUT2D eigenvalue weighted by atomic mass is 10.1. The van der Waals surface area contributed by atoms with Crippen LogP contribution in [-0.4, -0.2) is 30.2 Å². The number of hydrogen-bond donors (Lipinski definition) is 2. The molecule has 0 aliphatic rings. The number of hydrogen-bond acceptors (Lipinski definition) is 5. The van der Waals surface area contributed by atoms with Crippen LogP contribution in [0.3, 0.4) is 0 Å². The maximum atomic E-state index is 5.21. The zero-order chi connectivity index (χ0) is 14.2. The van der Waals surface area contributed by atoms with Gasteiger partial charge in [0.2, 0.25) is 0 Å². The zero-order valence-electron chi connectivity index (χ0n) is 11.9. The molecule has 0 bridgehead atoms. The van der Waals surface area contributed by atoms with Gasteiger partial charge in [0.25, 0.3) is 0 Å².